The Labute approximate surface area is 135 Å². The minimum atomic E-state index is -0.0715. The van der Waals surface area contributed by atoms with E-state index in [0.29, 0.717) is 27.2 Å². The van der Waals surface area contributed by atoms with Gasteiger partial charge in [-0.1, -0.05) is 23.2 Å². The number of anilines is 1. The van der Waals surface area contributed by atoms with E-state index in [0.717, 1.165) is 32.5 Å². The van der Waals surface area contributed by atoms with Crippen molar-refractivity contribution in [3.63, 3.8) is 0 Å². The van der Waals surface area contributed by atoms with Crippen molar-refractivity contribution in [3.05, 3.63) is 27.7 Å². The van der Waals surface area contributed by atoms with Crippen LogP contribution in [0.1, 0.15) is 23.2 Å². The monoisotopic (exact) mass is 329 g/mol. The number of nitrogens with two attached hydrogens (primary N) is 1. The molecule has 1 aliphatic rings. The summed E-state index contributed by atoms with van der Waals surface area (Å²) in [5, 5.41) is 0.636. The van der Waals surface area contributed by atoms with Gasteiger partial charge in [-0.2, -0.15) is 0 Å². The van der Waals surface area contributed by atoms with Crippen LogP contribution in [0.15, 0.2) is 12.1 Å². The van der Waals surface area contributed by atoms with Gasteiger partial charge in [0, 0.05) is 19.2 Å². The molecular formula is C15H21Cl2N3O. The Hall–Kier alpha value is -0.970. The Kier molecular flexibility index (Phi) is 5.36. The average Bonchev–Trinajstić information content (AvgIpc) is 2.45. The molecule has 1 amide bonds. The first-order chi connectivity index (χ1) is 9.88. The third-order valence-electron chi connectivity index (χ3n) is 4.04. The third-order valence-corrected chi connectivity index (χ3v) is 4.67. The molecule has 2 rings (SSSR count). The van der Waals surface area contributed by atoms with Gasteiger partial charge < -0.3 is 15.5 Å². The number of benzene rings is 1. The minimum absolute atomic E-state index is 0.0715. The van der Waals surface area contributed by atoms with Crippen LogP contribution in [0.4, 0.5) is 5.69 Å². The molecule has 6 heteroatoms. The molecule has 0 bridgehead atoms. The maximum atomic E-state index is 12.5. The van der Waals surface area contributed by atoms with Crippen molar-refractivity contribution in [2.75, 3.05) is 39.5 Å². The number of amides is 1. The highest BCUT2D eigenvalue weighted by Gasteiger charge is 2.21. The number of nitrogens with zero attached hydrogens (tertiary/aromatic N) is 2. The predicted octanol–water partition coefficient (Wildman–Crippen LogP) is 2.99. The number of hydrogen-bond acceptors (Lipinski definition) is 3. The van der Waals surface area contributed by atoms with Gasteiger partial charge in [0.2, 0.25) is 0 Å². The molecule has 0 unspecified atom stereocenters. The largest absolute Gasteiger partial charge is 0.396 e. The van der Waals surface area contributed by atoms with E-state index in [1.165, 1.54) is 0 Å². The highest BCUT2D eigenvalue weighted by atomic mass is 35.5. The summed E-state index contributed by atoms with van der Waals surface area (Å²) in [7, 11) is 3.95. The number of carbonyl (C=O) groups excluding carboxylic acids is 1. The second-order valence-electron chi connectivity index (χ2n) is 5.79. The highest BCUT2D eigenvalue weighted by Crippen LogP contribution is 2.29. The fourth-order valence-electron chi connectivity index (χ4n) is 2.64. The van der Waals surface area contributed by atoms with Crippen molar-refractivity contribution in [1.29, 1.82) is 0 Å². The summed E-state index contributed by atoms with van der Waals surface area (Å²) in [6, 6.07) is 3.16. The lowest BCUT2D eigenvalue weighted by Crippen LogP contribution is -2.38. The van der Waals surface area contributed by atoms with Gasteiger partial charge in [-0.15, -0.1) is 0 Å². The zero-order chi connectivity index (χ0) is 15.6. The van der Waals surface area contributed by atoms with E-state index < -0.39 is 0 Å². The molecule has 1 fully saturated rings. The van der Waals surface area contributed by atoms with Gasteiger partial charge in [-0.25, -0.2) is 0 Å². The molecule has 0 atom stereocenters. The molecule has 116 valence electrons. The molecule has 2 N–H and O–H groups in total. The second kappa shape index (κ2) is 6.86. The highest BCUT2D eigenvalue weighted by molar-refractivity contribution is 6.39. The van der Waals surface area contributed by atoms with Crippen LogP contribution in [0.5, 0.6) is 0 Å². The van der Waals surface area contributed by atoms with Gasteiger partial charge in [-0.3, -0.25) is 4.79 Å². The lowest BCUT2D eigenvalue weighted by atomic mass is 9.96. The molecule has 1 aliphatic heterocycles. The lowest BCUT2D eigenvalue weighted by Gasteiger charge is -2.31. The standard InChI is InChI=1S/C15H21Cl2N3O/c1-19-5-3-10(4-6-19)9-20(2)15(21)11-7-12(16)14(18)13(17)8-11/h7-8,10H,3-6,9,18H2,1-2H3. The number of nitrogen functional groups attached to an aromatic ring is 1. The number of piperidine rings is 1. The van der Waals surface area contributed by atoms with Crippen LogP contribution in [-0.4, -0.2) is 49.4 Å². The smallest absolute Gasteiger partial charge is 0.253 e. The quantitative estimate of drug-likeness (QED) is 0.867. The third kappa shape index (κ3) is 4.02. The Balaban J connectivity index is 2.02. The molecule has 1 aromatic rings. The van der Waals surface area contributed by atoms with Crippen LogP contribution in [-0.2, 0) is 0 Å². The molecule has 1 heterocycles. The lowest BCUT2D eigenvalue weighted by molar-refractivity contribution is 0.0747. The summed E-state index contributed by atoms with van der Waals surface area (Å²) >= 11 is 12.0. The molecule has 0 aliphatic carbocycles. The van der Waals surface area contributed by atoms with Crippen molar-refractivity contribution >= 4 is 34.8 Å². The topological polar surface area (TPSA) is 49.6 Å². The molecule has 0 spiro atoms. The Morgan fingerprint density at radius 3 is 2.38 bits per heavy atom. The van der Waals surface area contributed by atoms with Gasteiger partial charge in [0.05, 0.1) is 15.7 Å². The maximum absolute atomic E-state index is 12.5. The van der Waals surface area contributed by atoms with Gasteiger partial charge in [-0.05, 0) is 51.0 Å². The summed E-state index contributed by atoms with van der Waals surface area (Å²) in [6.45, 7) is 2.94. The summed E-state index contributed by atoms with van der Waals surface area (Å²) in [5.41, 5.74) is 6.49. The predicted molar refractivity (Wildman–Crippen MR) is 88.1 cm³/mol. The molecular weight excluding hydrogens is 309 g/mol. The van der Waals surface area contributed by atoms with Crippen LogP contribution in [0.25, 0.3) is 0 Å². The fourth-order valence-corrected chi connectivity index (χ4v) is 3.13. The number of carbonyl (C=O) groups is 1. The van der Waals surface area contributed by atoms with Crippen molar-refractivity contribution < 1.29 is 4.79 Å². The summed E-state index contributed by atoms with van der Waals surface area (Å²) < 4.78 is 0. The molecule has 0 saturated carbocycles. The number of likely N-dealkylation sites (tertiary alicyclic amines) is 1. The van der Waals surface area contributed by atoms with Gasteiger partial charge >= 0.3 is 0 Å². The number of halogens is 2. The number of rotatable bonds is 3. The normalized spacial score (nSPS) is 17.0. The Bertz CT molecular complexity index is 505. The van der Waals surface area contributed by atoms with Crippen LogP contribution in [0.2, 0.25) is 10.0 Å². The van der Waals surface area contributed by atoms with E-state index in [2.05, 4.69) is 11.9 Å². The summed E-state index contributed by atoms with van der Waals surface area (Å²) in [5.74, 6) is 0.479. The summed E-state index contributed by atoms with van der Waals surface area (Å²) in [4.78, 5) is 16.5. The second-order valence-corrected chi connectivity index (χ2v) is 6.60. The first-order valence-corrected chi connectivity index (χ1v) is 7.82. The van der Waals surface area contributed by atoms with E-state index in [1.54, 1.807) is 17.0 Å². The van der Waals surface area contributed by atoms with E-state index in [9.17, 15) is 4.79 Å². The van der Waals surface area contributed by atoms with Crippen molar-refractivity contribution in [2.45, 2.75) is 12.8 Å². The van der Waals surface area contributed by atoms with Crippen LogP contribution < -0.4 is 5.73 Å². The first kappa shape index (κ1) is 16.4. The first-order valence-electron chi connectivity index (χ1n) is 7.07. The average molecular weight is 330 g/mol. The van der Waals surface area contributed by atoms with Crippen molar-refractivity contribution in [3.8, 4) is 0 Å². The van der Waals surface area contributed by atoms with Gasteiger partial charge in [0.25, 0.3) is 5.91 Å². The van der Waals surface area contributed by atoms with Crippen molar-refractivity contribution in [2.24, 2.45) is 5.92 Å². The van der Waals surface area contributed by atoms with Crippen molar-refractivity contribution in [1.82, 2.24) is 9.80 Å². The molecule has 4 nitrogen and oxygen atoms in total. The maximum Gasteiger partial charge on any atom is 0.253 e. The fraction of sp³-hybridized carbons (Fsp3) is 0.533. The van der Waals surface area contributed by atoms with E-state index in [1.807, 2.05) is 7.05 Å². The summed E-state index contributed by atoms with van der Waals surface area (Å²) in [6.07, 6.45) is 2.24. The minimum Gasteiger partial charge on any atom is -0.396 e. The van der Waals surface area contributed by atoms with E-state index in [4.69, 9.17) is 28.9 Å². The molecule has 1 aromatic carbocycles. The molecule has 21 heavy (non-hydrogen) atoms. The van der Waals surface area contributed by atoms with Crippen LogP contribution in [0.3, 0.4) is 0 Å². The Morgan fingerprint density at radius 2 is 1.86 bits per heavy atom. The SMILES string of the molecule is CN1CCC(CN(C)C(=O)c2cc(Cl)c(N)c(Cl)c2)CC1. The van der Waals surface area contributed by atoms with E-state index in [-0.39, 0.29) is 5.91 Å². The van der Waals surface area contributed by atoms with Crippen LogP contribution >= 0.6 is 23.2 Å². The zero-order valence-electron chi connectivity index (χ0n) is 12.4. The Morgan fingerprint density at radius 1 is 1.33 bits per heavy atom. The molecule has 1 saturated heterocycles. The van der Waals surface area contributed by atoms with Gasteiger partial charge in [0.1, 0.15) is 0 Å². The van der Waals surface area contributed by atoms with E-state index >= 15 is 0 Å². The molecule has 0 radical (unpaired) electrons. The molecule has 0 aromatic heterocycles. The van der Waals surface area contributed by atoms with Gasteiger partial charge in [0.15, 0.2) is 0 Å². The number of hydrogen-bond donors (Lipinski definition) is 1. The zero-order valence-corrected chi connectivity index (χ0v) is 13.9. The van der Waals surface area contributed by atoms with Crippen LogP contribution in [0, 0.1) is 5.92 Å².